The molecule has 0 fully saturated rings. The fourth-order valence-electron chi connectivity index (χ4n) is 1.72. The van der Waals surface area contributed by atoms with Crippen LogP contribution in [-0.4, -0.2) is 4.98 Å². The van der Waals surface area contributed by atoms with E-state index >= 15 is 0 Å². The number of para-hydroxylation sites is 1. The fraction of sp³-hybridized carbons (Fsp3) is 0. The third kappa shape index (κ3) is 0.973. The molecular weight excluding hydrogens is 174 g/mol. The molecule has 1 aliphatic rings. The van der Waals surface area contributed by atoms with Crippen LogP contribution < -0.4 is 4.74 Å². The number of ether oxygens (including phenoxy) is 1. The Labute approximate surface area is 81.8 Å². The highest BCUT2D eigenvalue weighted by atomic mass is 16.5. The summed E-state index contributed by atoms with van der Waals surface area (Å²) in [7, 11) is 0. The summed E-state index contributed by atoms with van der Waals surface area (Å²) >= 11 is 0. The second-order valence-electron chi connectivity index (χ2n) is 3.24. The van der Waals surface area contributed by atoms with Crippen molar-refractivity contribution in [3.05, 3.63) is 48.5 Å². The van der Waals surface area contributed by atoms with E-state index < -0.39 is 0 Å². The first-order chi connectivity index (χ1) is 6.95. The van der Waals surface area contributed by atoms with Gasteiger partial charge in [-0.2, -0.15) is 0 Å². The Bertz CT molecular complexity index is 497. The maximum atomic E-state index is 5.49. The molecule has 0 bridgehead atoms. The van der Waals surface area contributed by atoms with Crippen molar-refractivity contribution in [3.63, 3.8) is 0 Å². The normalized spacial score (nSPS) is 12.6. The minimum Gasteiger partial charge on any atom is -0.464 e. The van der Waals surface area contributed by atoms with E-state index in [1.165, 1.54) is 5.56 Å². The van der Waals surface area contributed by atoms with Crippen molar-refractivity contribution in [1.29, 1.82) is 0 Å². The molecule has 1 aromatic heterocycles. The number of hydrogen-bond donors (Lipinski definition) is 1. The number of aromatic nitrogens is 1. The number of benzene rings is 1. The minimum atomic E-state index is 0.905. The van der Waals surface area contributed by atoms with Crippen molar-refractivity contribution in [2.24, 2.45) is 0 Å². The Balaban J connectivity index is 2.33. The molecule has 1 aromatic carbocycles. The van der Waals surface area contributed by atoms with Crippen LogP contribution in [0.4, 0.5) is 0 Å². The maximum Gasteiger partial charge on any atom is 0.134 e. The molecule has 1 N–H and O–H groups in total. The summed E-state index contributed by atoms with van der Waals surface area (Å²) in [5.41, 5.74) is 3.48. The van der Waals surface area contributed by atoms with Gasteiger partial charge in [0.15, 0.2) is 0 Å². The summed E-state index contributed by atoms with van der Waals surface area (Å²) < 4.78 is 5.49. The van der Waals surface area contributed by atoms with Crippen LogP contribution in [0.3, 0.4) is 0 Å². The van der Waals surface area contributed by atoms with Crippen molar-refractivity contribution in [2.45, 2.75) is 0 Å². The van der Waals surface area contributed by atoms with Gasteiger partial charge in [-0.1, -0.05) is 18.2 Å². The number of hydrogen-bond acceptors (Lipinski definition) is 1. The quantitative estimate of drug-likeness (QED) is 0.667. The average molecular weight is 183 g/mol. The van der Waals surface area contributed by atoms with Crippen molar-refractivity contribution in [1.82, 2.24) is 4.98 Å². The van der Waals surface area contributed by atoms with Crippen LogP contribution in [0, 0.1) is 0 Å². The third-order valence-corrected chi connectivity index (χ3v) is 2.40. The lowest BCUT2D eigenvalue weighted by Crippen LogP contribution is -1.82. The summed E-state index contributed by atoms with van der Waals surface area (Å²) in [6, 6.07) is 8.03. The number of H-pyrrole nitrogens is 1. The largest absolute Gasteiger partial charge is 0.464 e. The van der Waals surface area contributed by atoms with E-state index in [0.29, 0.717) is 0 Å². The molecule has 2 heterocycles. The molecule has 0 amide bonds. The first-order valence-corrected chi connectivity index (χ1v) is 4.54. The van der Waals surface area contributed by atoms with Gasteiger partial charge in [-0.15, -0.1) is 0 Å². The van der Waals surface area contributed by atoms with Gasteiger partial charge in [-0.3, -0.25) is 0 Å². The Hall–Kier alpha value is -1.96. The average Bonchev–Trinajstić information content (AvgIpc) is 2.61. The topological polar surface area (TPSA) is 25.0 Å². The highest BCUT2D eigenvalue weighted by molar-refractivity contribution is 5.80. The van der Waals surface area contributed by atoms with Gasteiger partial charge >= 0.3 is 0 Å². The monoisotopic (exact) mass is 183 g/mol. The highest BCUT2D eigenvalue weighted by Crippen LogP contribution is 2.34. The predicted molar refractivity (Wildman–Crippen MR) is 55.9 cm³/mol. The maximum absolute atomic E-state index is 5.49. The van der Waals surface area contributed by atoms with Crippen LogP contribution >= 0.6 is 0 Å². The SMILES string of the molecule is C1=Cc2c[nH]cc2-c2ccccc2O1. The van der Waals surface area contributed by atoms with Gasteiger partial charge < -0.3 is 9.72 Å². The van der Waals surface area contributed by atoms with Crippen LogP contribution in [-0.2, 0) is 0 Å². The molecule has 0 saturated carbocycles. The molecule has 0 aliphatic carbocycles. The van der Waals surface area contributed by atoms with Crippen LogP contribution in [0.1, 0.15) is 5.56 Å². The van der Waals surface area contributed by atoms with Gasteiger partial charge in [0.1, 0.15) is 5.75 Å². The molecule has 0 radical (unpaired) electrons. The summed E-state index contributed by atoms with van der Waals surface area (Å²) in [5, 5.41) is 0. The van der Waals surface area contributed by atoms with Crippen LogP contribution in [0.15, 0.2) is 42.9 Å². The van der Waals surface area contributed by atoms with Gasteiger partial charge in [0, 0.05) is 29.1 Å². The molecule has 3 rings (SSSR count). The van der Waals surface area contributed by atoms with Gasteiger partial charge in [0.2, 0.25) is 0 Å². The molecule has 0 unspecified atom stereocenters. The Morgan fingerprint density at radius 1 is 1.00 bits per heavy atom. The van der Waals surface area contributed by atoms with Crippen LogP contribution in [0.25, 0.3) is 17.2 Å². The van der Waals surface area contributed by atoms with Crippen LogP contribution in [0.5, 0.6) is 5.75 Å². The molecule has 0 atom stereocenters. The first-order valence-electron chi connectivity index (χ1n) is 4.54. The molecule has 2 heteroatoms. The van der Waals surface area contributed by atoms with E-state index in [0.717, 1.165) is 16.9 Å². The molecule has 0 saturated heterocycles. The van der Waals surface area contributed by atoms with E-state index in [4.69, 9.17) is 4.74 Å². The smallest absolute Gasteiger partial charge is 0.134 e. The highest BCUT2D eigenvalue weighted by Gasteiger charge is 2.11. The zero-order chi connectivity index (χ0) is 9.38. The zero-order valence-electron chi connectivity index (χ0n) is 7.53. The van der Waals surface area contributed by atoms with Gasteiger partial charge in [-0.25, -0.2) is 0 Å². The lowest BCUT2D eigenvalue weighted by molar-refractivity contribution is 0.488. The van der Waals surface area contributed by atoms with Crippen molar-refractivity contribution >= 4 is 6.08 Å². The standard InChI is InChI=1S/C12H9NO/c1-2-4-12-10(3-1)11-8-13-7-9(11)5-6-14-12/h1-8,13H. The molecule has 0 spiro atoms. The number of aromatic amines is 1. The van der Waals surface area contributed by atoms with E-state index in [1.54, 1.807) is 6.26 Å². The molecule has 2 nitrogen and oxygen atoms in total. The Morgan fingerprint density at radius 3 is 2.93 bits per heavy atom. The minimum absolute atomic E-state index is 0.905. The lowest BCUT2D eigenvalue weighted by Gasteiger charge is -2.04. The summed E-state index contributed by atoms with van der Waals surface area (Å²) in [6.45, 7) is 0. The lowest BCUT2D eigenvalue weighted by atomic mass is 10.0. The van der Waals surface area contributed by atoms with Gasteiger partial charge in [0.05, 0.1) is 6.26 Å². The molecular formula is C12H9NO. The number of nitrogens with one attached hydrogen (secondary N) is 1. The van der Waals surface area contributed by atoms with Crippen molar-refractivity contribution in [2.75, 3.05) is 0 Å². The van der Waals surface area contributed by atoms with Gasteiger partial charge in [0.25, 0.3) is 0 Å². The summed E-state index contributed by atoms with van der Waals surface area (Å²) in [6.07, 6.45) is 7.65. The first kappa shape index (κ1) is 7.44. The Kier molecular flexibility index (Phi) is 1.47. The fourth-order valence-corrected chi connectivity index (χ4v) is 1.72. The Morgan fingerprint density at radius 2 is 1.93 bits per heavy atom. The second-order valence-corrected chi connectivity index (χ2v) is 3.24. The van der Waals surface area contributed by atoms with E-state index in [-0.39, 0.29) is 0 Å². The molecule has 68 valence electrons. The van der Waals surface area contributed by atoms with Crippen LogP contribution in [0.2, 0.25) is 0 Å². The predicted octanol–water partition coefficient (Wildman–Crippen LogP) is 3.04. The summed E-state index contributed by atoms with van der Waals surface area (Å²) in [4.78, 5) is 3.10. The number of rotatable bonds is 0. The molecule has 14 heavy (non-hydrogen) atoms. The second kappa shape index (κ2) is 2.77. The third-order valence-electron chi connectivity index (χ3n) is 2.40. The number of fused-ring (bicyclic) bond motifs is 3. The van der Waals surface area contributed by atoms with Crippen molar-refractivity contribution < 1.29 is 4.74 Å². The van der Waals surface area contributed by atoms with Crippen molar-refractivity contribution in [3.8, 4) is 16.9 Å². The molecule has 2 aromatic rings. The zero-order valence-corrected chi connectivity index (χ0v) is 7.53. The molecule has 1 aliphatic heterocycles. The van der Waals surface area contributed by atoms with E-state index in [1.807, 2.05) is 36.7 Å². The van der Waals surface area contributed by atoms with E-state index in [2.05, 4.69) is 11.1 Å². The van der Waals surface area contributed by atoms with E-state index in [9.17, 15) is 0 Å². The summed E-state index contributed by atoms with van der Waals surface area (Å²) in [5.74, 6) is 0.905. The van der Waals surface area contributed by atoms with Gasteiger partial charge in [-0.05, 0) is 12.1 Å².